The maximum Gasteiger partial charge on any atom is 0.219 e. The third-order valence-corrected chi connectivity index (χ3v) is 1.32. The van der Waals surface area contributed by atoms with Gasteiger partial charge in [0.05, 0.1) is 6.54 Å². The fraction of sp³-hybridized carbons (Fsp3) is 0.571. The van der Waals surface area contributed by atoms with E-state index in [0.29, 0.717) is 6.54 Å². The lowest BCUT2D eigenvalue weighted by Crippen LogP contribution is -2.29. The first kappa shape index (κ1) is 9.01. The molecule has 58 valence electrons. The highest BCUT2D eigenvalue weighted by molar-refractivity contribution is 5.73. The molecule has 0 aromatic rings. The van der Waals surface area contributed by atoms with Crippen molar-refractivity contribution in [3.63, 3.8) is 0 Å². The zero-order valence-electron chi connectivity index (χ0n) is 6.77. The van der Waals surface area contributed by atoms with Crippen LogP contribution < -0.4 is 5.32 Å². The number of amides is 1. The lowest BCUT2D eigenvalue weighted by Gasteiger charge is -2.15. The molecule has 0 spiro atoms. The molecule has 3 nitrogen and oxygen atoms in total. The second-order valence-electron chi connectivity index (χ2n) is 2.23. The topological polar surface area (TPSA) is 32.3 Å². The average molecular weight is 142 g/mol. The van der Waals surface area contributed by atoms with Gasteiger partial charge in [0.1, 0.15) is 0 Å². The molecule has 10 heavy (non-hydrogen) atoms. The fourth-order valence-corrected chi connectivity index (χ4v) is 0.477. The lowest BCUT2D eigenvalue weighted by molar-refractivity contribution is -0.127. The van der Waals surface area contributed by atoms with E-state index in [-0.39, 0.29) is 5.91 Å². The van der Waals surface area contributed by atoms with E-state index in [1.807, 2.05) is 0 Å². The Bertz CT molecular complexity index is 143. The van der Waals surface area contributed by atoms with Crippen LogP contribution in [0.25, 0.3) is 0 Å². The summed E-state index contributed by atoms with van der Waals surface area (Å²) in [4.78, 5) is 12.2. The van der Waals surface area contributed by atoms with Crippen LogP contribution in [0, 0.1) is 0 Å². The van der Waals surface area contributed by atoms with Gasteiger partial charge >= 0.3 is 0 Å². The summed E-state index contributed by atoms with van der Waals surface area (Å²) in [6, 6.07) is 0. The highest BCUT2D eigenvalue weighted by atomic mass is 16.2. The monoisotopic (exact) mass is 142 g/mol. The molecule has 1 N–H and O–H groups in total. The van der Waals surface area contributed by atoms with Gasteiger partial charge in [0.2, 0.25) is 5.91 Å². The van der Waals surface area contributed by atoms with Crippen molar-refractivity contribution in [3.05, 3.63) is 12.3 Å². The molecule has 1 amide bonds. The van der Waals surface area contributed by atoms with E-state index in [4.69, 9.17) is 0 Å². The first-order chi connectivity index (χ1) is 4.57. The molecule has 3 heteroatoms. The van der Waals surface area contributed by atoms with Crippen LogP contribution in [-0.4, -0.2) is 31.4 Å². The zero-order valence-corrected chi connectivity index (χ0v) is 6.77. The maximum absolute atomic E-state index is 10.7. The van der Waals surface area contributed by atoms with Crippen LogP contribution in [-0.2, 0) is 4.79 Å². The Morgan fingerprint density at radius 3 is 2.50 bits per heavy atom. The molecule has 0 bridgehead atoms. The van der Waals surface area contributed by atoms with Crippen molar-refractivity contribution in [1.82, 2.24) is 10.2 Å². The molecule has 0 aliphatic carbocycles. The van der Waals surface area contributed by atoms with Crippen molar-refractivity contribution in [2.24, 2.45) is 0 Å². The molecule has 0 saturated carbocycles. The van der Waals surface area contributed by atoms with E-state index in [1.54, 1.807) is 19.0 Å². The molecule has 0 aromatic carbocycles. The predicted octanol–water partition coefficient (Wildman–Crippen LogP) is 0.198. The molecule has 0 aliphatic heterocycles. The van der Waals surface area contributed by atoms with Crippen LogP contribution in [0.1, 0.15) is 6.92 Å². The van der Waals surface area contributed by atoms with Gasteiger partial charge in [-0.25, -0.2) is 0 Å². The van der Waals surface area contributed by atoms with Crippen molar-refractivity contribution < 1.29 is 4.79 Å². The van der Waals surface area contributed by atoms with Crippen LogP contribution >= 0.6 is 0 Å². The van der Waals surface area contributed by atoms with Crippen LogP contribution in [0.4, 0.5) is 0 Å². The van der Waals surface area contributed by atoms with Gasteiger partial charge in [0.25, 0.3) is 0 Å². The number of rotatable bonds is 3. The molecule has 0 rings (SSSR count). The summed E-state index contributed by atoms with van der Waals surface area (Å²) in [5, 5.41) is 2.86. The molecule has 0 heterocycles. The normalized spacial score (nSPS) is 8.70. The largest absolute Gasteiger partial charge is 0.390 e. The Kier molecular flexibility index (Phi) is 3.54. The molecular weight excluding hydrogens is 128 g/mol. The van der Waals surface area contributed by atoms with Gasteiger partial charge in [-0.15, -0.1) is 0 Å². The third-order valence-electron chi connectivity index (χ3n) is 1.32. The highest BCUT2D eigenvalue weighted by Crippen LogP contribution is 1.88. The van der Waals surface area contributed by atoms with Gasteiger partial charge in [-0.2, -0.15) is 0 Å². The van der Waals surface area contributed by atoms with Gasteiger partial charge in [-0.1, -0.05) is 6.58 Å². The van der Waals surface area contributed by atoms with E-state index in [9.17, 15) is 4.79 Å². The smallest absolute Gasteiger partial charge is 0.219 e. The Labute approximate surface area is 61.7 Å². The molecule has 0 radical (unpaired) electrons. The van der Waals surface area contributed by atoms with Crippen LogP contribution in [0.3, 0.4) is 0 Å². The van der Waals surface area contributed by atoms with Gasteiger partial charge in [-0.05, 0) is 0 Å². The summed E-state index contributed by atoms with van der Waals surface area (Å²) in [5.74, 6) is 0.0522. The van der Waals surface area contributed by atoms with Crippen molar-refractivity contribution in [2.75, 3.05) is 20.6 Å². The number of carbonyl (C=O) groups excluding carboxylic acids is 1. The van der Waals surface area contributed by atoms with E-state index in [2.05, 4.69) is 11.9 Å². The van der Waals surface area contributed by atoms with Crippen LogP contribution in [0.15, 0.2) is 12.3 Å². The van der Waals surface area contributed by atoms with Crippen LogP contribution in [0.5, 0.6) is 0 Å². The summed E-state index contributed by atoms with van der Waals surface area (Å²) >= 11 is 0. The van der Waals surface area contributed by atoms with Gasteiger partial charge in [-0.3, -0.25) is 4.79 Å². The van der Waals surface area contributed by atoms with Gasteiger partial charge < -0.3 is 10.2 Å². The van der Waals surface area contributed by atoms with E-state index >= 15 is 0 Å². The molecule has 0 saturated heterocycles. The summed E-state index contributed by atoms with van der Waals surface area (Å²) in [5.41, 5.74) is 0.845. The van der Waals surface area contributed by atoms with Gasteiger partial charge in [0, 0.05) is 26.7 Å². The predicted molar refractivity (Wildman–Crippen MR) is 41.5 cm³/mol. The summed E-state index contributed by atoms with van der Waals surface area (Å²) in [6.07, 6.45) is 0. The highest BCUT2D eigenvalue weighted by Gasteiger charge is 2.01. The molecule has 0 aliphatic rings. The number of nitrogens with zero attached hydrogens (tertiary/aromatic N) is 1. The number of carbonyl (C=O) groups is 1. The summed E-state index contributed by atoms with van der Waals surface area (Å²) in [6.45, 7) is 5.80. The summed E-state index contributed by atoms with van der Waals surface area (Å²) in [7, 11) is 3.53. The summed E-state index contributed by atoms with van der Waals surface area (Å²) < 4.78 is 0. The number of nitrogens with one attached hydrogen (secondary N) is 1. The maximum atomic E-state index is 10.7. The van der Waals surface area contributed by atoms with E-state index in [1.165, 1.54) is 6.92 Å². The minimum Gasteiger partial charge on any atom is -0.390 e. The number of hydrogen-bond donors (Lipinski definition) is 1. The zero-order chi connectivity index (χ0) is 8.15. The Balaban J connectivity index is 3.68. The van der Waals surface area contributed by atoms with Crippen molar-refractivity contribution in [3.8, 4) is 0 Å². The molecular formula is C7H14N2O. The van der Waals surface area contributed by atoms with Crippen molar-refractivity contribution in [1.29, 1.82) is 0 Å². The SMILES string of the molecule is C=C(CN(C)C(C)=O)NC. The van der Waals surface area contributed by atoms with Crippen LogP contribution in [0.2, 0.25) is 0 Å². The standard InChI is InChI=1S/C7H14N2O/c1-6(8-3)5-9(4)7(2)10/h8H,1,5H2,2-4H3. The van der Waals surface area contributed by atoms with Crippen molar-refractivity contribution >= 4 is 5.91 Å². The minimum absolute atomic E-state index is 0.0522. The van der Waals surface area contributed by atoms with Crippen molar-refractivity contribution in [2.45, 2.75) is 6.92 Å². The molecule has 0 fully saturated rings. The number of likely N-dealkylation sites (N-methyl/N-ethyl adjacent to an activating group) is 2. The average Bonchev–Trinajstić information content (AvgIpc) is 1.87. The number of hydrogen-bond acceptors (Lipinski definition) is 2. The minimum atomic E-state index is 0.0522. The Hall–Kier alpha value is -0.990. The first-order valence-corrected chi connectivity index (χ1v) is 3.15. The first-order valence-electron chi connectivity index (χ1n) is 3.15. The lowest BCUT2D eigenvalue weighted by atomic mass is 10.4. The Morgan fingerprint density at radius 1 is 1.70 bits per heavy atom. The third kappa shape index (κ3) is 3.12. The van der Waals surface area contributed by atoms with Gasteiger partial charge in [0.15, 0.2) is 0 Å². The second kappa shape index (κ2) is 3.93. The Morgan fingerprint density at radius 2 is 2.20 bits per heavy atom. The quantitative estimate of drug-likeness (QED) is 0.610. The fourth-order valence-electron chi connectivity index (χ4n) is 0.477. The molecule has 0 unspecified atom stereocenters. The second-order valence-corrected chi connectivity index (χ2v) is 2.23. The van der Waals surface area contributed by atoms with E-state index < -0.39 is 0 Å². The molecule has 0 aromatic heterocycles. The molecule has 0 atom stereocenters. The van der Waals surface area contributed by atoms with E-state index in [0.717, 1.165) is 5.70 Å².